The summed E-state index contributed by atoms with van der Waals surface area (Å²) in [7, 11) is 1.53. The topological polar surface area (TPSA) is 65.1 Å². The van der Waals surface area contributed by atoms with Gasteiger partial charge in [-0.3, -0.25) is 4.79 Å². The molecule has 0 saturated heterocycles. The molecule has 0 N–H and O–H groups in total. The third-order valence-electron chi connectivity index (χ3n) is 3.48. The molecule has 1 aliphatic rings. The number of carbonyl (C=O) groups is 2. The van der Waals surface area contributed by atoms with Crippen LogP contribution in [0.1, 0.15) is 42.3 Å². The molecule has 2 rings (SSSR count). The van der Waals surface area contributed by atoms with E-state index in [1.807, 2.05) is 26.8 Å². The quantitative estimate of drug-likeness (QED) is 0.630. The molecule has 0 aromatic heterocycles. The summed E-state index contributed by atoms with van der Waals surface area (Å²) in [4.78, 5) is 25.1. The number of ether oxygens (including phenoxy) is 3. The molecule has 0 spiro atoms. The highest BCUT2D eigenvalue weighted by atomic mass is 16.7. The summed E-state index contributed by atoms with van der Waals surface area (Å²) in [6.45, 7) is 6.56. The molecule has 1 aromatic carbocycles. The SMILES string of the molecule is COCOc1c(C=O)ccc2c1CCN(C(=O)OC(C)(C)C)C2. The Bertz CT molecular complexity index is 591. The zero-order chi connectivity index (χ0) is 17.0. The van der Waals surface area contributed by atoms with E-state index in [9.17, 15) is 9.59 Å². The lowest BCUT2D eigenvalue weighted by atomic mass is 9.96. The van der Waals surface area contributed by atoms with Crippen LogP contribution >= 0.6 is 0 Å². The van der Waals surface area contributed by atoms with Gasteiger partial charge in [-0.2, -0.15) is 0 Å². The number of hydrogen-bond acceptors (Lipinski definition) is 5. The van der Waals surface area contributed by atoms with E-state index >= 15 is 0 Å². The molecule has 0 saturated carbocycles. The van der Waals surface area contributed by atoms with Gasteiger partial charge in [0.15, 0.2) is 13.1 Å². The highest BCUT2D eigenvalue weighted by Crippen LogP contribution is 2.31. The molecule has 1 heterocycles. The van der Waals surface area contributed by atoms with Crippen LogP contribution in [0.2, 0.25) is 0 Å². The zero-order valence-corrected chi connectivity index (χ0v) is 14.0. The second-order valence-electron chi connectivity index (χ2n) is 6.44. The maximum absolute atomic E-state index is 12.2. The number of carbonyl (C=O) groups excluding carboxylic acids is 2. The summed E-state index contributed by atoms with van der Waals surface area (Å²) in [6, 6.07) is 3.56. The molecule has 1 aromatic rings. The first-order valence-electron chi connectivity index (χ1n) is 7.55. The van der Waals surface area contributed by atoms with Crippen molar-refractivity contribution in [1.82, 2.24) is 4.90 Å². The van der Waals surface area contributed by atoms with Crippen molar-refractivity contribution in [3.8, 4) is 5.75 Å². The van der Waals surface area contributed by atoms with Crippen LogP contribution in [0.3, 0.4) is 0 Å². The van der Waals surface area contributed by atoms with Crippen LogP contribution in [0.25, 0.3) is 0 Å². The Balaban J connectivity index is 2.21. The van der Waals surface area contributed by atoms with Gasteiger partial charge in [-0.1, -0.05) is 6.07 Å². The molecule has 1 aliphatic heterocycles. The van der Waals surface area contributed by atoms with Gasteiger partial charge in [0.25, 0.3) is 0 Å². The van der Waals surface area contributed by atoms with Crippen LogP contribution in [0.5, 0.6) is 5.75 Å². The van der Waals surface area contributed by atoms with Gasteiger partial charge in [-0.15, -0.1) is 0 Å². The van der Waals surface area contributed by atoms with Crippen LogP contribution in [0.4, 0.5) is 4.79 Å². The summed E-state index contributed by atoms with van der Waals surface area (Å²) >= 11 is 0. The molecule has 6 nitrogen and oxygen atoms in total. The highest BCUT2D eigenvalue weighted by Gasteiger charge is 2.28. The number of hydrogen-bond donors (Lipinski definition) is 0. The number of benzene rings is 1. The second kappa shape index (κ2) is 7.00. The molecule has 0 atom stereocenters. The van der Waals surface area contributed by atoms with Crippen molar-refractivity contribution < 1.29 is 23.8 Å². The number of methoxy groups -OCH3 is 1. The molecule has 6 heteroatoms. The molecule has 0 fully saturated rings. The van der Waals surface area contributed by atoms with Crippen LogP contribution in [-0.4, -0.2) is 43.3 Å². The Morgan fingerprint density at radius 3 is 2.70 bits per heavy atom. The molecule has 23 heavy (non-hydrogen) atoms. The lowest BCUT2D eigenvalue weighted by Gasteiger charge is -2.32. The van der Waals surface area contributed by atoms with Crippen molar-refractivity contribution in [1.29, 1.82) is 0 Å². The van der Waals surface area contributed by atoms with E-state index < -0.39 is 5.60 Å². The number of aldehydes is 1. The largest absolute Gasteiger partial charge is 0.467 e. The average molecular weight is 321 g/mol. The number of amides is 1. The molecule has 0 unspecified atom stereocenters. The highest BCUT2D eigenvalue weighted by molar-refractivity contribution is 5.81. The van der Waals surface area contributed by atoms with Gasteiger partial charge in [-0.25, -0.2) is 4.79 Å². The van der Waals surface area contributed by atoms with Gasteiger partial charge >= 0.3 is 6.09 Å². The predicted molar refractivity (Wildman–Crippen MR) is 84.7 cm³/mol. The van der Waals surface area contributed by atoms with Gasteiger partial charge in [0.1, 0.15) is 11.4 Å². The van der Waals surface area contributed by atoms with Gasteiger partial charge < -0.3 is 19.1 Å². The van der Waals surface area contributed by atoms with Gasteiger partial charge in [-0.05, 0) is 38.8 Å². The van der Waals surface area contributed by atoms with E-state index in [1.165, 1.54) is 7.11 Å². The fraction of sp³-hybridized carbons (Fsp3) is 0.529. The van der Waals surface area contributed by atoms with E-state index in [4.69, 9.17) is 14.2 Å². The summed E-state index contributed by atoms with van der Waals surface area (Å²) < 4.78 is 15.9. The number of rotatable bonds is 4. The van der Waals surface area contributed by atoms with Crippen molar-refractivity contribution in [3.63, 3.8) is 0 Å². The lowest BCUT2D eigenvalue weighted by Crippen LogP contribution is -2.40. The summed E-state index contributed by atoms with van der Waals surface area (Å²) in [5.41, 5.74) is 1.88. The van der Waals surface area contributed by atoms with Gasteiger partial charge in [0, 0.05) is 25.8 Å². The first-order chi connectivity index (χ1) is 10.9. The Morgan fingerprint density at radius 1 is 1.35 bits per heavy atom. The molecular weight excluding hydrogens is 298 g/mol. The minimum absolute atomic E-state index is 0.0765. The van der Waals surface area contributed by atoms with E-state index in [-0.39, 0.29) is 12.9 Å². The molecule has 126 valence electrons. The number of nitrogens with zero attached hydrogens (tertiary/aromatic N) is 1. The molecule has 0 aliphatic carbocycles. The smallest absolute Gasteiger partial charge is 0.410 e. The average Bonchev–Trinajstić information content (AvgIpc) is 2.50. The first-order valence-corrected chi connectivity index (χ1v) is 7.55. The van der Waals surface area contributed by atoms with Crippen molar-refractivity contribution >= 4 is 12.4 Å². The lowest BCUT2D eigenvalue weighted by molar-refractivity contribution is 0.0217. The third-order valence-corrected chi connectivity index (χ3v) is 3.48. The van der Waals surface area contributed by atoms with E-state index in [0.717, 1.165) is 17.4 Å². The molecular formula is C17H23NO5. The normalized spacial score (nSPS) is 14.2. The Labute approximate surface area is 136 Å². The Hall–Kier alpha value is -2.08. The van der Waals surface area contributed by atoms with Crippen molar-refractivity contribution in [2.75, 3.05) is 20.4 Å². The fourth-order valence-electron chi connectivity index (χ4n) is 2.50. The minimum Gasteiger partial charge on any atom is -0.467 e. The summed E-state index contributed by atoms with van der Waals surface area (Å²) in [5.74, 6) is 0.545. The van der Waals surface area contributed by atoms with Crippen molar-refractivity contribution in [2.24, 2.45) is 0 Å². The Kier molecular flexibility index (Phi) is 5.26. The minimum atomic E-state index is -0.522. The molecule has 1 amide bonds. The third kappa shape index (κ3) is 4.22. The first kappa shape index (κ1) is 17.3. The standard InChI is InChI=1S/C17H23NO5/c1-17(2,3)23-16(20)18-8-7-14-12(9-18)5-6-13(10-19)15(14)22-11-21-4/h5-6,10H,7-9,11H2,1-4H3. The van der Waals surface area contributed by atoms with Crippen LogP contribution < -0.4 is 4.74 Å². The zero-order valence-electron chi connectivity index (χ0n) is 14.0. The van der Waals surface area contributed by atoms with E-state index in [2.05, 4.69) is 0 Å². The van der Waals surface area contributed by atoms with Gasteiger partial charge in [0.2, 0.25) is 0 Å². The second-order valence-corrected chi connectivity index (χ2v) is 6.44. The van der Waals surface area contributed by atoms with E-state index in [1.54, 1.807) is 11.0 Å². The number of fused-ring (bicyclic) bond motifs is 1. The van der Waals surface area contributed by atoms with Crippen molar-refractivity contribution in [2.45, 2.75) is 39.3 Å². The van der Waals surface area contributed by atoms with Crippen LogP contribution in [0.15, 0.2) is 12.1 Å². The summed E-state index contributed by atoms with van der Waals surface area (Å²) in [5, 5.41) is 0. The van der Waals surface area contributed by atoms with E-state index in [0.29, 0.717) is 30.8 Å². The molecule has 0 radical (unpaired) electrons. The Morgan fingerprint density at radius 2 is 2.09 bits per heavy atom. The predicted octanol–water partition coefficient (Wildman–Crippen LogP) is 2.78. The van der Waals surface area contributed by atoms with Gasteiger partial charge in [0.05, 0.1) is 5.56 Å². The fourth-order valence-corrected chi connectivity index (χ4v) is 2.50. The molecule has 0 bridgehead atoms. The van der Waals surface area contributed by atoms with Crippen LogP contribution in [0, 0.1) is 0 Å². The van der Waals surface area contributed by atoms with Crippen LogP contribution in [-0.2, 0) is 22.4 Å². The van der Waals surface area contributed by atoms with Crippen molar-refractivity contribution in [3.05, 3.63) is 28.8 Å². The monoisotopic (exact) mass is 321 g/mol. The maximum atomic E-state index is 12.2. The maximum Gasteiger partial charge on any atom is 0.410 e. The summed E-state index contributed by atoms with van der Waals surface area (Å²) in [6.07, 6.45) is 1.04.